The summed E-state index contributed by atoms with van der Waals surface area (Å²) in [6.45, 7) is 14.6. The van der Waals surface area contributed by atoms with E-state index < -0.39 is 0 Å². The molecule has 0 N–H and O–H groups in total. The number of allylic oxidation sites excluding steroid dienone is 6. The minimum Gasteiger partial charge on any atom is -0.103 e. The Bertz CT molecular complexity index is 363. The monoisotopic (exact) mass is 330 g/mol. The van der Waals surface area contributed by atoms with Crippen LogP contribution in [-0.2, 0) is 0 Å². The average molecular weight is 331 g/mol. The molecule has 0 amide bonds. The molecule has 0 aromatic carbocycles. The Morgan fingerprint density at radius 2 is 1.29 bits per heavy atom. The highest BCUT2D eigenvalue weighted by Gasteiger charge is 2.06. The van der Waals surface area contributed by atoms with E-state index in [-0.39, 0.29) is 0 Å². The highest BCUT2D eigenvalue weighted by Crippen LogP contribution is 2.26. The van der Waals surface area contributed by atoms with Gasteiger partial charge in [0.15, 0.2) is 0 Å². The van der Waals surface area contributed by atoms with Gasteiger partial charge in [-0.2, -0.15) is 0 Å². The van der Waals surface area contributed by atoms with E-state index >= 15 is 0 Å². The molecule has 0 radical (unpaired) electrons. The number of rotatable bonds is 16. The Labute approximate surface area is 152 Å². The summed E-state index contributed by atoms with van der Waals surface area (Å²) in [7, 11) is 0. The number of unbranched alkanes of at least 4 members (excludes halogenated alkanes) is 5. The number of hydrogen-bond donors (Lipinski definition) is 0. The van der Waals surface area contributed by atoms with E-state index in [1.165, 1.54) is 70.6 Å². The molecule has 24 heavy (non-hydrogen) atoms. The molecule has 0 spiro atoms. The first kappa shape index (κ1) is 23.0. The fourth-order valence-electron chi connectivity index (χ4n) is 3.16. The third-order valence-corrected chi connectivity index (χ3v) is 4.79. The summed E-state index contributed by atoms with van der Waals surface area (Å²) in [5.74, 6) is 0. The molecule has 0 aliphatic carbocycles. The van der Waals surface area contributed by atoms with Crippen LogP contribution in [0.1, 0.15) is 104 Å². The zero-order valence-electron chi connectivity index (χ0n) is 16.8. The molecule has 0 nitrogen and oxygen atoms in total. The van der Waals surface area contributed by atoms with Gasteiger partial charge in [0.25, 0.3) is 0 Å². The van der Waals surface area contributed by atoms with Crippen LogP contribution < -0.4 is 0 Å². The zero-order valence-corrected chi connectivity index (χ0v) is 16.8. The second-order valence-corrected chi connectivity index (χ2v) is 6.81. The van der Waals surface area contributed by atoms with Crippen molar-refractivity contribution >= 4 is 0 Å². The molecular formula is C24H42. The predicted molar refractivity (Wildman–Crippen MR) is 113 cm³/mol. The molecule has 0 saturated heterocycles. The van der Waals surface area contributed by atoms with Gasteiger partial charge in [-0.05, 0) is 82.6 Å². The maximum absolute atomic E-state index is 3.85. The molecule has 0 aromatic heterocycles. The third-order valence-electron chi connectivity index (χ3n) is 4.79. The summed E-state index contributed by atoms with van der Waals surface area (Å²) in [6.07, 6.45) is 22.9. The molecule has 0 fully saturated rings. The summed E-state index contributed by atoms with van der Waals surface area (Å²) in [6, 6.07) is 0. The van der Waals surface area contributed by atoms with E-state index in [1.54, 1.807) is 16.7 Å². The van der Waals surface area contributed by atoms with Crippen LogP contribution in [0.2, 0.25) is 0 Å². The third kappa shape index (κ3) is 11.5. The van der Waals surface area contributed by atoms with E-state index in [2.05, 4.69) is 40.0 Å². The van der Waals surface area contributed by atoms with E-state index in [9.17, 15) is 0 Å². The van der Waals surface area contributed by atoms with E-state index in [0.717, 1.165) is 12.8 Å². The minimum absolute atomic E-state index is 1.15. The van der Waals surface area contributed by atoms with Crippen molar-refractivity contribution in [1.29, 1.82) is 0 Å². The molecule has 138 valence electrons. The van der Waals surface area contributed by atoms with Crippen molar-refractivity contribution in [2.75, 3.05) is 0 Å². The first-order valence-corrected chi connectivity index (χ1v) is 10.3. The Morgan fingerprint density at radius 1 is 0.708 bits per heavy atom. The van der Waals surface area contributed by atoms with Gasteiger partial charge in [-0.3, -0.25) is 0 Å². The van der Waals surface area contributed by atoms with Crippen molar-refractivity contribution in [3.05, 3.63) is 48.1 Å². The predicted octanol–water partition coefficient (Wildman–Crippen LogP) is 8.71. The highest BCUT2D eigenvalue weighted by atomic mass is 14.1. The van der Waals surface area contributed by atoms with Gasteiger partial charge in [0.05, 0.1) is 0 Å². The van der Waals surface area contributed by atoms with Crippen molar-refractivity contribution in [2.24, 2.45) is 0 Å². The molecular weight excluding hydrogens is 288 g/mol. The molecule has 0 aliphatic heterocycles. The lowest BCUT2D eigenvalue weighted by atomic mass is 9.92. The smallest absolute Gasteiger partial charge is 0.0308 e. The minimum atomic E-state index is 1.15. The van der Waals surface area contributed by atoms with E-state index in [4.69, 9.17) is 0 Å². The highest BCUT2D eigenvalue weighted by molar-refractivity contribution is 5.29. The lowest BCUT2D eigenvalue weighted by Crippen LogP contribution is -1.94. The first-order valence-electron chi connectivity index (χ1n) is 10.3. The molecule has 0 atom stereocenters. The fourth-order valence-corrected chi connectivity index (χ4v) is 3.16. The molecule has 0 heteroatoms. The van der Waals surface area contributed by atoms with Crippen LogP contribution in [0, 0.1) is 0 Å². The normalized spacial score (nSPS) is 11.4. The van der Waals surface area contributed by atoms with Gasteiger partial charge in [0, 0.05) is 0 Å². The second kappa shape index (κ2) is 16.8. The molecule has 0 saturated carbocycles. The van der Waals surface area contributed by atoms with Crippen LogP contribution in [0.4, 0.5) is 0 Å². The van der Waals surface area contributed by atoms with Crippen LogP contribution >= 0.6 is 0 Å². The van der Waals surface area contributed by atoms with Gasteiger partial charge in [-0.25, -0.2) is 0 Å². The molecule has 0 unspecified atom stereocenters. The van der Waals surface area contributed by atoms with Crippen LogP contribution in [0.3, 0.4) is 0 Å². The molecule has 0 aliphatic rings. The van der Waals surface area contributed by atoms with E-state index in [0.29, 0.717) is 0 Å². The summed E-state index contributed by atoms with van der Waals surface area (Å²) >= 11 is 0. The maximum Gasteiger partial charge on any atom is -0.0308 e. The molecule has 0 rings (SSSR count). The van der Waals surface area contributed by atoms with Gasteiger partial charge in [0.2, 0.25) is 0 Å². The topological polar surface area (TPSA) is 0 Å². The Hall–Kier alpha value is -1.04. The molecule has 0 heterocycles. The second-order valence-electron chi connectivity index (χ2n) is 6.81. The SMILES string of the molecule is C=CCCCCC(CCCCC=C)=C(C=C(CC)CCCC)CC. The van der Waals surface area contributed by atoms with Crippen molar-refractivity contribution in [1.82, 2.24) is 0 Å². The van der Waals surface area contributed by atoms with Gasteiger partial charge >= 0.3 is 0 Å². The van der Waals surface area contributed by atoms with Crippen molar-refractivity contribution in [3.63, 3.8) is 0 Å². The lowest BCUT2D eigenvalue weighted by Gasteiger charge is -2.14. The summed E-state index contributed by atoms with van der Waals surface area (Å²) < 4.78 is 0. The number of hydrogen-bond acceptors (Lipinski definition) is 0. The van der Waals surface area contributed by atoms with E-state index in [1.807, 2.05) is 12.2 Å². The quantitative estimate of drug-likeness (QED) is 0.151. The summed E-state index contributed by atoms with van der Waals surface area (Å²) in [5, 5.41) is 0. The lowest BCUT2D eigenvalue weighted by molar-refractivity contribution is 0.672. The average Bonchev–Trinajstić information content (AvgIpc) is 2.61. The van der Waals surface area contributed by atoms with Gasteiger partial charge < -0.3 is 0 Å². The summed E-state index contributed by atoms with van der Waals surface area (Å²) in [4.78, 5) is 0. The Morgan fingerprint density at radius 3 is 1.71 bits per heavy atom. The van der Waals surface area contributed by atoms with Crippen LogP contribution in [-0.4, -0.2) is 0 Å². The van der Waals surface area contributed by atoms with Crippen LogP contribution in [0.15, 0.2) is 48.1 Å². The van der Waals surface area contributed by atoms with Crippen molar-refractivity contribution < 1.29 is 0 Å². The Balaban J connectivity index is 5.04. The fraction of sp³-hybridized carbons (Fsp3) is 0.667. The van der Waals surface area contributed by atoms with Crippen LogP contribution in [0.25, 0.3) is 0 Å². The van der Waals surface area contributed by atoms with Gasteiger partial charge in [0.1, 0.15) is 0 Å². The zero-order chi connectivity index (χ0) is 18.0. The molecule has 0 aromatic rings. The van der Waals surface area contributed by atoms with Crippen molar-refractivity contribution in [3.8, 4) is 0 Å². The molecule has 0 bridgehead atoms. The Kier molecular flexibility index (Phi) is 16.1. The maximum atomic E-state index is 3.85. The standard InChI is InChI=1S/C24H42/c1-6-11-14-16-19-24(20-17-15-12-7-2)23(10-5)21-22(9-4)18-13-8-3/h6-7,21H,1-2,8-20H2,3-5H3. The van der Waals surface area contributed by atoms with Gasteiger partial charge in [-0.15, -0.1) is 13.2 Å². The first-order chi connectivity index (χ1) is 11.7. The van der Waals surface area contributed by atoms with Crippen molar-refractivity contribution in [2.45, 2.75) is 104 Å². The van der Waals surface area contributed by atoms with Gasteiger partial charge in [-0.1, -0.05) is 56.6 Å². The largest absolute Gasteiger partial charge is 0.103 e. The van der Waals surface area contributed by atoms with Crippen LogP contribution in [0.5, 0.6) is 0 Å². The summed E-state index contributed by atoms with van der Waals surface area (Å²) in [5.41, 5.74) is 4.98.